The third-order valence-corrected chi connectivity index (χ3v) is 3.97. The molecule has 0 radical (unpaired) electrons. The lowest BCUT2D eigenvalue weighted by Gasteiger charge is -2.20. The smallest absolute Gasteiger partial charge is 0.122 e. The van der Waals surface area contributed by atoms with Crippen molar-refractivity contribution >= 4 is 0 Å². The maximum absolute atomic E-state index is 5.51. The van der Waals surface area contributed by atoms with Crippen LogP contribution in [0.3, 0.4) is 0 Å². The first-order valence-electron chi connectivity index (χ1n) is 6.94. The van der Waals surface area contributed by atoms with E-state index in [1.165, 1.54) is 23.1 Å². The molecule has 1 saturated heterocycles. The average Bonchev–Trinajstić information content (AvgIpc) is 2.74. The van der Waals surface area contributed by atoms with Crippen molar-refractivity contribution in [2.24, 2.45) is 5.92 Å². The molecular weight excluding hydrogens is 222 g/mol. The number of methoxy groups -OCH3 is 1. The Morgan fingerprint density at radius 1 is 1.33 bits per heavy atom. The van der Waals surface area contributed by atoms with Crippen molar-refractivity contribution < 1.29 is 4.74 Å². The van der Waals surface area contributed by atoms with Crippen molar-refractivity contribution in [3.63, 3.8) is 0 Å². The third-order valence-electron chi connectivity index (χ3n) is 3.97. The summed E-state index contributed by atoms with van der Waals surface area (Å²) in [6, 6.07) is 5.05. The molecule has 0 spiro atoms. The molecule has 1 fully saturated rings. The van der Waals surface area contributed by atoms with Gasteiger partial charge in [0.25, 0.3) is 0 Å². The summed E-state index contributed by atoms with van der Waals surface area (Å²) in [6.45, 7) is 10.1. The van der Waals surface area contributed by atoms with Gasteiger partial charge in [0.2, 0.25) is 0 Å². The highest BCUT2D eigenvalue weighted by Gasteiger charge is 2.24. The maximum Gasteiger partial charge on any atom is 0.122 e. The Bertz CT molecular complexity index is 425. The fraction of sp³-hybridized carbons (Fsp3) is 0.625. The summed E-state index contributed by atoms with van der Waals surface area (Å²) in [7, 11) is 1.76. The molecule has 1 N–H and O–H groups in total. The van der Waals surface area contributed by atoms with Gasteiger partial charge in [0.15, 0.2) is 0 Å². The van der Waals surface area contributed by atoms with E-state index in [1.807, 2.05) is 0 Å². The quantitative estimate of drug-likeness (QED) is 0.877. The second-order valence-corrected chi connectivity index (χ2v) is 5.91. The standard InChI is InChI=1S/C16H25NO/c1-10(2)13-8-14(12(4)7-16(13)18-5)15-6-11(3)9-17-15/h7-8,10-11,15,17H,6,9H2,1-5H3/t11-,15-/m1/s1. The van der Waals surface area contributed by atoms with E-state index in [4.69, 9.17) is 4.74 Å². The molecule has 1 heterocycles. The summed E-state index contributed by atoms with van der Waals surface area (Å²) < 4.78 is 5.51. The zero-order valence-corrected chi connectivity index (χ0v) is 12.2. The predicted molar refractivity (Wildman–Crippen MR) is 76.3 cm³/mol. The van der Waals surface area contributed by atoms with Crippen molar-refractivity contribution in [3.05, 3.63) is 28.8 Å². The molecule has 100 valence electrons. The van der Waals surface area contributed by atoms with Gasteiger partial charge in [-0.15, -0.1) is 0 Å². The van der Waals surface area contributed by atoms with Crippen molar-refractivity contribution in [1.82, 2.24) is 5.32 Å². The maximum atomic E-state index is 5.51. The van der Waals surface area contributed by atoms with Crippen LogP contribution >= 0.6 is 0 Å². The molecule has 0 amide bonds. The zero-order chi connectivity index (χ0) is 13.3. The highest BCUT2D eigenvalue weighted by atomic mass is 16.5. The lowest BCUT2D eigenvalue weighted by Crippen LogP contribution is -2.15. The van der Waals surface area contributed by atoms with Crippen LogP contribution in [0.15, 0.2) is 12.1 Å². The Morgan fingerprint density at radius 2 is 2.06 bits per heavy atom. The molecule has 18 heavy (non-hydrogen) atoms. The first-order chi connectivity index (χ1) is 8.52. The Morgan fingerprint density at radius 3 is 2.56 bits per heavy atom. The molecule has 2 heteroatoms. The number of nitrogens with one attached hydrogen (secondary N) is 1. The molecular formula is C16H25NO. The fourth-order valence-corrected chi connectivity index (χ4v) is 2.87. The Labute approximate surface area is 111 Å². The molecule has 2 rings (SSSR count). The van der Waals surface area contributed by atoms with Gasteiger partial charge in [-0.3, -0.25) is 0 Å². The molecule has 2 nitrogen and oxygen atoms in total. The highest BCUT2D eigenvalue weighted by molar-refractivity contribution is 5.45. The van der Waals surface area contributed by atoms with Crippen LogP contribution in [0.5, 0.6) is 5.75 Å². The lowest BCUT2D eigenvalue weighted by molar-refractivity contribution is 0.406. The molecule has 1 aliphatic heterocycles. The van der Waals surface area contributed by atoms with E-state index in [0.29, 0.717) is 12.0 Å². The normalized spacial score (nSPS) is 23.7. The van der Waals surface area contributed by atoms with Crippen LogP contribution in [0.2, 0.25) is 0 Å². The number of aryl methyl sites for hydroxylation is 1. The van der Waals surface area contributed by atoms with Crippen LogP contribution in [0.1, 0.15) is 55.8 Å². The summed E-state index contributed by atoms with van der Waals surface area (Å²) >= 11 is 0. The second kappa shape index (κ2) is 5.31. The Hall–Kier alpha value is -1.02. The summed E-state index contributed by atoms with van der Waals surface area (Å²) in [5.74, 6) is 2.30. The van der Waals surface area contributed by atoms with E-state index in [9.17, 15) is 0 Å². The molecule has 2 atom stereocenters. The molecule has 0 aromatic heterocycles. The monoisotopic (exact) mass is 247 g/mol. The predicted octanol–water partition coefficient (Wildman–Crippen LogP) is 3.80. The van der Waals surface area contributed by atoms with Crippen molar-refractivity contribution in [2.75, 3.05) is 13.7 Å². The van der Waals surface area contributed by atoms with Gasteiger partial charge in [-0.25, -0.2) is 0 Å². The van der Waals surface area contributed by atoms with E-state index in [2.05, 4.69) is 45.1 Å². The van der Waals surface area contributed by atoms with Gasteiger partial charge >= 0.3 is 0 Å². The minimum Gasteiger partial charge on any atom is -0.496 e. The van der Waals surface area contributed by atoms with Gasteiger partial charge in [-0.2, -0.15) is 0 Å². The molecule has 0 unspecified atom stereocenters. The van der Waals surface area contributed by atoms with Crippen LogP contribution in [0.4, 0.5) is 0 Å². The lowest BCUT2D eigenvalue weighted by atomic mass is 9.91. The Balaban J connectivity index is 2.38. The Kier molecular flexibility index (Phi) is 3.96. The summed E-state index contributed by atoms with van der Waals surface area (Å²) in [5, 5.41) is 3.63. The van der Waals surface area contributed by atoms with Gasteiger partial charge in [-0.05, 0) is 54.5 Å². The SMILES string of the molecule is COc1cc(C)c([C@H]2C[C@@H](C)CN2)cc1C(C)C. The zero-order valence-electron chi connectivity index (χ0n) is 12.2. The number of ether oxygens (including phenoxy) is 1. The van der Waals surface area contributed by atoms with Gasteiger partial charge in [-0.1, -0.05) is 26.8 Å². The number of hydrogen-bond acceptors (Lipinski definition) is 2. The van der Waals surface area contributed by atoms with Gasteiger partial charge in [0.05, 0.1) is 7.11 Å². The minimum atomic E-state index is 0.498. The van der Waals surface area contributed by atoms with Crippen molar-refractivity contribution in [3.8, 4) is 5.75 Å². The summed E-state index contributed by atoms with van der Waals surface area (Å²) in [5.41, 5.74) is 4.10. The van der Waals surface area contributed by atoms with Gasteiger partial charge in [0, 0.05) is 6.04 Å². The third kappa shape index (κ3) is 2.54. The molecule has 1 aromatic carbocycles. The molecule has 0 bridgehead atoms. The highest BCUT2D eigenvalue weighted by Crippen LogP contribution is 2.35. The molecule has 1 aromatic rings. The number of rotatable bonds is 3. The first-order valence-corrected chi connectivity index (χ1v) is 6.94. The van der Waals surface area contributed by atoms with Crippen molar-refractivity contribution in [2.45, 2.75) is 46.1 Å². The number of hydrogen-bond donors (Lipinski definition) is 1. The van der Waals surface area contributed by atoms with E-state index in [1.54, 1.807) is 7.11 Å². The number of benzene rings is 1. The van der Waals surface area contributed by atoms with E-state index in [-0.39, 0.29) is 0 Å². The van der Waals surface area contributed by atoms with Gasteiger partial charge in [0.1, 0.15) is 5.75 Å². The van der Waals surface area contributed by atoms with Crippen LogP contribution in [-0.4, -0.2) is 13.7 Å². The molecule has 0 aliphatic carbocycles. The van der Waals surface area contributed by atoms with E-state index in [0.717, 1.165) is 18.2 Å². The average molecular weight is 247 g/mol. The minimum absolute atomic E-state index is 0.498. The summed E-state index contributed by atoms with van der Waals surface area (Å²) in [6.07, 6.45) is 1.24. The molecule has 0 saturated carbocycles. The van der Waals surface area contributed by atoms with Crippen LogP contribution in [-0.2, 0) is 0 Å². The second-order valence-electron chi connectivity index (χ2n) is 5.91. The van der Waals surface area contributed by atoms with Crippen LogP contribution in [0, 0.1) is 12.8 Å². The first kappa shape index (κ1) is 13.4. The van der Waals surface area contributed by atoms with Crippen molar-refractivity contribution in [1.29, 1.82) is 0 Å². The van der Waals surface area contributed by atoms with Gasteiger partial charge < -0.3 is 10.1 Å². The fourth-order valence-electron chi connectivity index (χ4n) is 2.87. The van der Waals surface area contributed by atoms with Crippen LogP contribution in [0.25, 0.3) is 0 Å². The topological polar surface area (TPSA) is 21.3 Å². The molecule has 1 aliphatic rings. The van der Waals surface area contributed by atoms with E-state index < -0.39 is 0 Å². The largest absolute Gasteiger partial charge is 0.496 e. The van der Waals surface area contributed by atoms with Crippen LogP contribution < -0.4 is 10.1 Å². The van der Waals surface area contributed by atoms with E-state index >= 15 is 0 Å². The summed E-state index contributed by atoms with van der Waals surface area (Å²) in [4.78, 5) is 0.